The first kappa shape index (κ1) is 26.9. The van der Waals surface area contributed by atoms with E-state index in [1.165, 1.54) is 25.7 Å². The van der Waals surface area contributed by atoms with Gasteiger partial charge in [0.2, 0.25) is 5.95 Å². The van der Waals surface area contributed by atoms with Crippen molar-refractivity contribution >= 4 is 33.0 Å². The van der Waals surface area contributed by atoms with Crippen LogP contribution in [0.1, 0.15) is 58.4 Å². The molecule has 198 valence electrons. The molecular weight excluding hydrogens is 484 g/mol. The number of aryl methyl sites for hydroxylation is 1. The summed E-state index contributed by atoms with van der Waals surface area (Å²) in [6.45, 7) is 8.42. The fourth-order valence-electron chi connectivity index (χ4n) is 4.59. The molecule has 0 atom stereocenters. The third kappa shape index (κ3) is 7.92. The van der Waals surface area contributed by atoms with E-state index in [9.17, 15) is 8.42 Å². The summed E-state index contributed by atoms with van der Waals surface area (Å²) in [5.41, 5.74) is 2.03. The zero-order valence-corrected chi connectivity index (χ0v) is 23.1. The number of hydrogen-bond acceptors (Lipinski definition) is 7. The standard InChI is InChI=1S/C29H38N4O3S/c1-21-19-30-28(32-23-12-14-25(15-13-23)36-17-16-22-8-5-6-9-22)33-27(21)31-24-10-7-11-26(18-24)37(34,35)20-29(2,3)4/h7,10-15,18-19,22H,5-6,8-9,16-17,20H2,1-4H3,(H2,30,31,32,33). The normalized spacial score (nSPS) is 14.5. The van der Waals surface area contributed by atoms with Crippen LogP contribution in [-0.2, 0) is 9.84 Å². The van der Waals surface area contributed by atoms with Gasteiger partial charge in [-0.05, 0) is 67.1 Å². The number of nitrogens with one attached hydrogen (secondary N) is 2. The van der Waals surface area contributed by atoms with Gasteiger partial charge in [0.15, 0.2) is 9.84 Å². The van der Waals surface area contributed by atoms with Crippen molar-refractivity contribution in [3.05, 3.63) is 60.3 Å². The van der Waals surface area contributed by atoms with Crippen LogP contribution in [0, 0.1) is 18.3 Å². The summed E-state index contributed by atoms with van der Waals surface area (Å²) >= 11 is 0. The molecule has 0 saturated heterocycles. The molecule has 1 aromatic heterocycles. The fourth-order valence-corrected chi connectivity index (χ4v) is 6.49. The predicted octanol–water partition coefficient (Wildman–Crippen LogP) is 7.05. The summed E-state index contributed by atoms with van der Waals surface area (Å²) < 4.78 is 31.6. The van der Waals surface area contributed by atoms with Crippen LogP contribution in [0.4, 0.5) is 23.1 Å². The molecule has 0 spiro atoms. The molecule has 0 bridgehead atoms. The minimum atomic E-state index is -3.40. The van der Waals surface area contributed by atoms with Crippen molar-refractivity contribution in [3.8, 4) is 5.75 Å². The Morgan fingerprint density at radius 3 is 2.43 bits per heavy atom. The Labute approximate surface area is 221 Å². The zero-order valence-electron chi connectivity index (χ0n) is 22.3. The van der Waals surface area contributed by atoms with Gasteiger partial charge in [0.05, 0.1) is 17.3 Å². The van der Waals surface area contributed by atoms with Crippen molar-refractivity contribution in [1.29, 1.82) is 0 Å². The van der Waals surface area contributed by atoms with Crippen LogP contribution in [0.2, 0.25) is 0 Å². The van der Waals surface area contributed by atoms with Crippen molar-refractivity contribution in [2.45, 2.75) is 64.7 Å². The van der Waals surface area contributed by atoms with E-state index >= 15 is 0 Å². The quantitative estimate of drug-likeness (QED) is 0.295. The molecule has 3 aromatic rings. The number of anilines is 4. The van der Waals surface area contributed by atoms with Gasteiger partial charge in [0, 0.05) is 23.1 Å². The molecular formula is C29H38N4O3S. The highest BCUT2D eigenvalue weighted by molar-refractivity contribution is 7.91. The van der Waals surface area contributed by atoms with Crippen molar-refractivity contribution < 1.29 is 13.2 Å². The third-order valence-electron chi connectivity index (χ3n) is 6.43. The van der Waals surface area contributed by atoms with Crippen LogP contribution in [0.25, 0.3) is 0 Å². The van der Waals surface area contributed by atoms with E-state index in [4.69, 9.17) is 4.74 Å². The lowest BCUT2D eigenvalue weighted by atomic mass is 10.0. The molecule has 1 heterocycles. The number of benzene rings is 2. The molecule has 0 radical (unpaired) electrons. The van der Waals surface area contributed by atoms with Crippen molar-refractivity contribution in [2.75, 3.05) is 23.0 Å². The van der Waals surface area contributed by atoms with Gasteiger partial charge >= 0.3 is 0 Å². The van der Waals surface area contributed by atoms with Gasteiger partial charge < -0.3 is 15.4 Å². The molecule has 1 saturated carbocycles. The van der Waals surface area contributed by atoms with Gasteiger partial charge in [-0.15, -0.1) is 0 Å². The molecule has 7 nitrogen and oxygen atoms in total. The summed E-state index contributed by atoms with van der Waals surface area (Å²) in [5.74, 6) is 2.80. The lowest BCUT2D eigenvalue weighted by molar-refractivity contribution is 0.279. The highest BCUT2D eigenvalue weighted by atomic mass is 32.2. The van der Waals surface area contributed by atoms with Gasteiger partial charge in [0.25, 0.3) is 0 Å². The summed E-state index contributed by atoms with van der Waals surface area (Å²) in [6.07, 6.45) is 8.24. The summed E-state index contributed by atoms with van der Waals surface area (Å²) in [5, 5.41) is 6.49. The Morgan fingerprint density at radius 1 is 1.00 bits per heavy atom. The maximum absolute atomic E-state index is 12.8. The maximum atomic E-state index is 12.8. The third-order valence-corrected chi connectivity index (χ3v) is 8.65. The van der Waals surface area contributed by atoms with E-state index in [1.54, 1.807) is 24.4 Å². The van der Waals surface area contributed by atoms with Gasteiger partial charge in [-0.25, -0.2) is 13.4 Å². The first-order valence-corrected chi connectivity index (χ1v) is 14.7. The molecule has 1 fully saturated rings. The molecule has 2 aromatic carbocycles. The van der Waals surface area contributed by atoms with Crippen LogP contribution < -0.4 is 15.4 Å². The maximum Gasteiger partial charge on any atom is 0.229 e. The largest absolute Gasteiger partial charge is 0.494 e. The van der Waals surface area contributed by atoms with Crippen LogP contribution in [-0.4, -0.2) is 30.7 Å². The second-order valence-electron chi connectivity index (χ2n) is 11.1. The second kappa shape index (κ2) is 11.5. The smallest absolute Gasteiger partial charge is 0.229 e. The van der Waals surface area contributed by atoms with Gasteiger partial charge in [0.1, 0.15) is 11.6 Å². The van der Waals surface area contributed by atoms with E-state index in [2.05, 4.69) is 20.6 Å². The number of nitrogens with zero attached hydrogens (tertiary/aromatic N) is 2. The Balaban J connectivity index is 1.39. The number of hydrogen-bond donors (Lipinski definition) is 2. The Hall–Kier alpha value is -3.13. The summed E-state index contributed by atoms with van der Waals surface area (Å²) in [6, 6.07) is 14.7. The minimum Gasteiger partial charge on any atom is -0.494 e. The molecule has 1 aliphatic rings. The minimum absolute atomic E-state index is 0.0778. The van der Waals surface area contributed by atoms with Crippen LogP contribution >= 0.6 is 0 Å². The number of ether oxygens (including phenoxy) is 1. The summed E-state index contributed by atoms with van der Waals surface area (Å²) in [7, 11) is -3.40. The molecule has 8 heteroatoms. The number of aromatic nitrogens is 2. The second-order valence-corrected chi connectivity index (χ2v) is 13.1. The van der Waals surface area contributed by atoms with E-state index in [-0.39, 0.29) is 11.2 Å². The van der Waals surface area contributed by atoms with Gasteiger partial charge in [-0.3, -0.25) is 0 Å². The Bertz CT molecular complexity index is 1300. The van der Waals surface area contributed by atoms with Gasteiger partial charge in [-0.2, -0.15) is 4.98 Å². The van der Waals surface area contributed by atoms with E-state index in [0.29, 0.717) is 22.3 Å². The van der Waals surface area contributed by atoms with Crippen molar-refractivity contribution in [2.24, 2.45) is 11.3 Å². The average Bonchev–Trinajstić information content (AvgIpc) is 3.35. The van der Waals surface area contributed by atoms with E-state index < -0.39 is 9.84 Å². The SMILES string of the molecule is Cc1cnc(Nc2ccc(OCCC3CCCC3)cc2)nc1Nc1cccc(S(=O)(=O)CC(C)(C)C)c1. The zero-order chi connectivity index (χ0) is 26.5. The predicted molar refractivity (Wildman–Crippen MR) is 150 cm³/mol. The molecule has 37 heavy (non-hydrogen) atoms. The number of rotatable bonds is 10. The first-order chi connectivity index (χ1) is 17.6. The molecule has 2 N–H and O–H groups in total. The monoisotopic (exact) mass is 522 g/mol. The highest BCUT2D eigenvalue weighted by Crippen LogP contribution is 2.29. The highest BCUT2D eigenvalue weighted by Gasteiger charge is 2.23. The van der Waals surface area contributed by atoms with Crippen LogP contribution in [0.3, 0.4) is 0 Å². The Kier molecular flexibility index (Phi) is 8.37. The van der Waals surface area contributed by atoms with E-state index in [1.807, 2.05) is 58.0 Å². The molecule has 0 amide bonds. The van der Waals surface area contributed by atoms with Crippen LogP contribution in [0.5, 0.6) is 5.75 Å². The van der Waals surface area contributed by atoms with Crippen molar-refractivity contribution in [3.63, 3.8) is 0 Å². The number of sulfone groups is 1. The lowest BCUT2D eigenvalue weighted by Crippen LogP contribution is -2.20. The fraction of sp³-hybridized carbons (Fsp3) is 0.448. The van der Waals surface area contributed by atoms with E-state index in [0.717, 1.165) is 35.9 Å². The Morgan fingerprint density at radius 2 is 1.73 bits per heavy atom. The average molecular weight is 523 g/mol. The van der Waals surface area contributed by atoms with Crippen LogP contribution in [0.15, 0.2) is 59.6 Å². The molecule has 1 aliphatic carbocycles. The van der Waals surface area contributed by atoms with Crippen molar-refractivity contribution in [1.82, 2.24) is 9.97 Å². The topological polar surface area (TPSA) is 93.2 Å². The van der Waals surface area contributed by atoms with Gasteiger partial charge in [-0.1, -0.05) is 52.5 Å². The molecule has 4 rings (SSSR count). The molecule has 0 unspecified atom stereocenters. The summed E-state index contributed by atoms with van der Waals surface area (Å²) in [4.78, 5) is 9.31. The molecule has 0 aliphatic heterocycles. The first-order valence-electron chi connectivity index (χ1n) is 13.0. The lowest BCUT2D eigenvalue weighted by Gasteiger charge is -2.18.